The van der Waals surface area contributed by atoms with Crippen molar-refractivity contribution >= 4 is 45.7 Å². The van der Waals surface area contributed by atoms with Crippen molar-refractivity contribution in [3.63, 3.8) is 0 Å². The van der Waals surface area contributed by atoms with Gasteiger partial charge in [-0.3, -0.25) is 4.79 Å². The molecule has 4 aromatic rings. The molecule has 0 fully saturated rings. The van der Waals surface area contributed by atoms with Crippen LogP contribution < -0.4 is 0 Å². The maximum atomic E-state index is 13.4. The number of fused-ring (bicyclic) bond motifs is 1. The van der Waals surface area contributed by atoms with E-state index in [-0.39, 0.29) is 5.91 Å². The van der Waals surface area contributed by atoms with Crippen molar-refractivity contribution in [1.82, 2.24) is 9.99 Å². The number of benzene rings is 2. The highest BCUT2D eigenvalue weighted by molar-refractivity contribution is 6.34. The summed E-state index contributed by atoms with van der Waals surface area (Å²) in [7, 11) is 0. The van der Waals surface area contributed by atoms with E-state index in [4.69, 9.17) is 27.6 Å². The Balaban J connectivity index is 1.62. The molecule has 0 saturated carbocycles. The van der Waals surface area contributed by atoms with Gasteiger partial charge in [0, 0.05) is 17.4 Å². The van der Waals surface area contributed by atoms with Crippen LogP contribution in [0.3, 0.4) is 0 Å². The summed E-state index contributed by atoms with van der Waals surface area (Å²) in [4.78, 5) is 18.0. The fraction of sp³-hybridized carbons (Fsp3) is 0.125. The molecule has 1 aliphatic rings. The average Bonchev–Trinajstić information content (AvgIpc) is 3.43. The monoisotopic (exact) mass is 449 g/mol. The molecule has 31 heavy (non-hydrogen) atoms. The second kappa shape index (κ2) is 7.84. The molecule has 0 aliphatic carbocycles. The second-order valence-corrected chi connectivity index (χ2v) is 8.20. The molecular formula is C24H17Cl2N3O2. The van der Waals surface area contributed by atoms with Crippen LogP contribution >= 0.6 is 23.2 Å². The summed E-state index contributed by atoms with van der Waals surface area (Å²) in [6.45, 7) is 2.01. The van der Waals surface area contributed by atoms with Gasteiger partial charge in [-0.25, -0.2) is 9.99 Å². The van der Waals surface area contributed by atoms with E-state index in [1.165, 1.54) is 5.01 Å². The van der Waals surface area contributed by atoms with Crippen LogP contribution in [0.25, 0.3) is 10.9 Å². The predicted molar refractivity (Wildman–Crippen MR) is 122 cm³/mol. The molecule has 0 radical (unpaired) electrons. The number of rotatable bonds is 3. The zero-order valence-corrected chi connectivity index (χ0v) is 18.1. The van der Waals surface area contributed by atoms with E-state index in [0.29, 0.717) is 33.6 Å². The Labute approximate surface area is 188 Å². The van der Waals surface area contributed by atoms with Crippen molar-refractivity contribution in [1.29, 1.82) is 0 Å². The highest BCUT2D eigenvalue weighted by atomic mass is 35.5. The van der Waals surface area contributed by atoms with Gasteiger partial charge >= 0.3 is 0 Å². The van der Waals surface area contributed by atoms with E-state index in [1.54, 1.807) is 36.6 Å². The summed E-state index contributed by atoms with van der Waals surface area (Å²) in [5.41, 5.74) is 3.67. The first-order chi connectivity index (χ1) is 15.0. The number of amides is 1. The molecule has 154 valence electrons. The molecule has 1 unspecified atom stereocenters. The topological polar surface area (TPSA) is 58.7 Å². The summed E-state index contributed by atoms with van der Waals surface area (Å²) in [5.74, 6) is 0.303. The van der Waals surface area contributed by atoms with Crippen molar-refractivity contribution in [2.24, 2.45) is 5.10 Å². The number of aromatic nitrogens is 1. The highest BCUT2D eigenvalue weighted by Gasteiger charge is 2.36. The number of hydrazone groups is 1. The normalized spacial score (nSPS) is 16.0. The zero-order chi connectivity index (χ0) is 21.5. The third-order valence-corrected chi connectivity index (χ3v) is 5.97. The van der Waals surface area contributed by atoms with Gasteiger partial charge in [-0.15, -0.1) is 0 Å². The standard InChI is InChI=1S/C24H17Cl2N3O2/c1-14-8-9-15-12-17(23(26)27-19(15)11-14)21-13-20(22-7-4-10-31-22)28-29(21)24(30)16-5-2-3-6-18(16)25/h2-12,21H,13H2,1H3. The van der Waals surface area contributed by atoms with Gasteiger partial charge in [-0.2, -0.15) is 5.10 Å². The Bertz CT molecular complexity index is 1330. The predicted octanol–water partition coefficient (Wildman–Crippen LogP) is 6.43. The first kappa shape index (κ1) is 19.8. The van der Waals surface area contributed by atoms with E-state index in [1.807, 2.05) is 37.3 Å². The lowest BCUT2D eigenvalue weighted by Gasteiger charge is -2.23. The first-order valence-corrected chi connectivity index (χ1v) is 10.5. The van der Waals surface area contributed by atoms with Crippen molar-refractivity contribution in [3.8, 4) is 0 Å². The molecular weight excluding hydrogens is 433 g/mol. The third-order valence-electron chi connectivity index (χ3n) is 5.34. The Morgan fingerprint density at radius 2 is 1.94 bits per heavy atom. The summed E-state index contributed by atoms with van der Waals surface area (Å²) >= 11 is 12.9. The molecule has 1 aliphatic heterocycles. The average molecular weight is 450 g/mol. The van der Waals surface area contributed by atoms with E-state index < -0.39 is 6.04 Å². The van der Waals surface area contributed by atoms with Crippen molar-refractivity contribution in [3.05, 3.63) is 99.6 Å². The summed E-state index contributed by atoms with van der Waals surface area (Å²) in [5, 5.41) is 7.69. The maximum absolute atomic E-state index is 13.4. The van der Waals surface area contributed by atoms with Crippen molar-refractivity contribution < 1.29 is 9.21 Å². The van der Waals surface area contributed by atoms with E-state index in [9.17, 15) is 4.79 Å². The molecule has 7 heteroatoms. The minimum atomic E-state index is -0.436. The number of carbonyl (C=O) groups excluding carboxylic acids is 1. The molecule has 2 aromatic heterocycles. The van der Waals surface area contributed by atoms with Crippen LogP contribution in [-0.2, 0) is 0 Å². The van der Waals surface area contributed by atoms with Gasteiger partial charge in [-0.1, -0.05) is 47.5 Å². The second-order valence-electron chi connectivity index (χ2n) is 7.44. The van der Waals surface area contributed by atoms with Gasteiger partial charge in [0.15, 0.2) is 0 Å². The number of hydrogen-bond donors (Lipinski definition) is 0. The van der Waals surface area contributed by atoms with Gasteiger partial charge < -0.3 is 4.42 Å². The smallest absolute Gasteiger partial charge is 0.276 e. The quantitative estimate of drug-likeness (QED) is 0.338. The molecule has 5 nitrogen and oxygen atoms in total. The molecule has 5 rings (SSSR count). The molecule has 1 amide bonds. The number of hydrogen-bond acceptors (Lipinski definition) is 4. The van der Waals surface area contributed by atoms with Gasteiger partial charge in [0.05, 0.1) is 28.4 Å². The van der Waals surface area contributed by atoms with E-state index in [2.05, 4.69) is 10.1 Å². The van der Waals surface area contributed by atoms with Crippen LogP contribution in [0.4, 0.5) is 0 Å². The van der Waals surface area contributed by atoms with Crippen LogP contribution in [0.5, 0.6) is 0 Å². The molecule has 3 heterocycles. The van der Waals surface area contributed by atoms with Crippen molar-refractivity contribution in [2.75, 3.05) is 0 Å². The summed E-state index contributed by atoms with van der Waals surface area (Å²) in [6, 6.07) is 18.1. The van der Waals surface area contributed by atoms with Crippen molar-refractivity contribution in [2.45, 2.75) is 19.4 Å². The number of halogens is 2. The van der Waals surface area contributed by atoms with Crippen LogP contribution in [0, 0.1) is 6.92 Å². The maximum Gasteiger partial charge on any atom is 0.276 e. The molecule has 2 aromatic carbocycles. The lowest BCUT2D eigenvalue weighted by atomic mass is 10.00. The van der Waals surface area contributed by atoms with Gasteiger partial charge in [0.2, 0.25) is 0 Å². The number of carbonyl (C=O) groups is 1. The van der Waals surface area contributed by atoms with Crippen LogP contribution in [0.15, 0.2) is 76.4 Å². The molecule has 0 N–H and O–H groups in total. The van der Waals surface area contributed by atoms with Crippen LogP contribution in [-0.4, -0.2) is 21.6 Å². The SMILES string of the molecule is Cc1ccc2cc(C3CC(c4ccco4)=NN3C(=O)c3ccccc3Cl)c(Cl)nc2c1. The molecule has 0 saturated heterocycles. The van der Waals surface area contributed by atoms with Crippen LogP contribution in [0.2, 0.25) is 10.2 Å². The lowest BCUT2D eigenvalue weighted by molar-refractivity contribution is 0.0711. The Morgan fingerprint density at radius 1 is 1.10 bits per heavy atom. The Hall–Kier alpha value is -3.15. The summed E-state index contributed by atoms with van der Waals surface area (Å²) in [6.07, 6.45) is 2.03. The number of pyridine rings is 1. The van der Waals surface area contributed by atoms with Gasteiger partial charge in [0.1, 0.15) is 16.6 Å². The van der Waals surface area contributed by atoms with E-state index in [0.717, 1.165) is 22.0 Å². The number of nitrogens with zero attached hydrogens (tertiary/aromatic N) is 3. The fourth-order valence-corrected chi connectivity index (χ4v) is 4.28. The van der Waals surface area contributed by atoms with Crippen LogP contribution in [0.1, 0.15) is 39.7 Å². The first-order valence-electron chi connectivity index (χ1n) is 9.77. The fourth-order valence-electron chi connectivity index (χ4n) is 3.79. The van der Waals surface area contributed by atoms with E-state index >= 15 is 0 Å². The highest BCUT2D eigenvalue weighted by Crippen LogP contribution is 2.38. The lowest BCUT2D eigenvalue weighted by Crippen LogP contribution is -2.27. The molecule has 1 atom stereocenters. The minimum absolute atomic E-state index is 0.308. The minimum Gasteiger partial charge on any atom is -0.463 e. The Morgan fingerprint density at radius 3 is 2.71 bits per heavy atom. The van der Waals surface area contributed by atoms with Gasteiger partial charge in [0.25, 0.3) is 5.91 Å². The molecule has 0 bridgehead atoms. The Kier molecular flexibility index (Phi) is 5.00. The third kappa shape index (κ3) is 3.60. The molecule has 0 spiro atoms. The number of aryl methyl sites for hydroxylation is 1. The largest absolute Gasteiger partial charge is 0.463 e. The zero-order valence-electron chi connectivity index (χ0n) is 16.5. The van der Waals surface area contributed by atoms with Gasteiger partial charge in [-0.05, 0) is 48.9 Å². The number of furan rings is 1. The summed E-state index contributed by atoms with van der Waals surface area (Å²) < 4.78 is 5.53.